The number of rotatable bonds is 6. The van der Waals surface area contributed by atoms with E-state index in [1.54, 1.807) is 4.52 Å². The SMILES string of the molecule is Cc1nc2c(C#N)cnn2c(C)c1CCC(=O)NCCc1nnc2n1CCCCC2. The Kier molecular flexibility index (Phi) is 5.74. The van der Waals surface area contributed by atoms with Crippen molar-refractivity contribution in [1.29, 1.82) is 5.26 Å². The smallest absolute Gasteiger partial charge is 0.220 e. The standard InChI is InChI=1S/C21H26N8O/c1-14-17(15(2)29-21(25-14)16(12-22)13-24-29)7-8-20(30)23-10-9-19-27-26-18-6-4-3-5-11-28(18)19/h13H,3-11H2,1-2H3,(H,23,30). The van der Waals surface area contributed by atoms with Gasteiger partial charge in [0, 0.05) is 43.7 Å². The van der Waals surface area contributed by atoms with Crippen LogP contribution in [-0.4, -0.2) is 41.8 Å². The summed E-state index contributed by atoms with van der Waals surface area (Å²) < 4.78 is 3.89. The lowest BCUT2D eigenvalue weighted by atomic mass is 10.1. The van der Waals surface area contributed by atoms with Crippen molar-refractivity contribution >= 4 is 11.6 Å². The summed E-state index contributed by atoms with van der Waals surface area (Å²) in [7, 11) is 0. The minimum absolute atomic E-state index is 0.00248. The third-order valence-electron chi connectivity index (χ3n) is 5.79. The molecule has 30 heavy (non-hydrogen) atoms. The highest BCUT2D eigenvalue weighted by molar-refractivity contribution is 5.76. The molecule has 1 amide bonds. The van der Waals surface area contributed by atoms with Gasteiger partial charge in [-0.1, -0.05) is 6.42 Å². The largest absolute Gasteiger partial charge is 0.356 e. The number of hydrogen-bond donors (Lipinski definition) is 1. The van der Waals surface area contributed by atoms with Crippen LogP contribution in [-0.2, 0) is 30.6 Å². The molecular weight excluding hydrogens is 380 g/mol. The fourth-order valence-corrected chi connectivity index (χ4v) is 4.12. The zero-order chi connectivity index (χ0) is 21.1. The Morgan fingerprint density at radius 3 is 2.93 bits per heavy atom. The van der Waals surface area contributed by atoms with Gasteiger partial charge in [0.25, 0.3) is 0 Å². The third kappa shape index (κ3) is 3.90. The van der Waals surface area contributed by atoms with Crippen molar-refractivity contribution < 1.29 is 4.79 Å². The van der Waals surface area contributed by atoms with Crippen LogP contribution in [0, 0.1) is 25.2 Å². The summed E-state index contributed by atoms with van der Waals surface area (Å²) in [6.45, 7) is 5.38. The van der Waals surface area contributed by atoms with Crippen molar-refractivity contribution in [2.45, 2.75) is 65.3 Å². The molecule has 0 unspecified atom stereocenters. The second-order valence-electron chi connectivity index (χ2n) is 7.76. The first-order valence-corrected chi connectivity index (χ1v) is 10.5. The number of carbonyl (C=O) groups is 1. The number of nitrogens with zero attached hydrogens (tertiary/aromatic N) is 7. The molecule has 1 N–H and O–H groups in total. The van der Waals surface area contributed by atoms with Crippen LogP contribution >= 0.6 is 0 Å². The fraction of sp³-hybridized carbons (Fsp3) is 0.524. The normalized spacial score (nSPS) is 13.6. The topological polar surface area (TPSA) is 114 Å². The van der Waals surface area contributed by atoms with Crippen LogP contribution in [0.25, 0.3) is 5.65 Å². The quantitative estimate of drug-likeness (QED) is 0.668. The molecule has 0 saturated carbocycles. The molecule has 156 valence electrons. The Balaban J connectivity index is 1.33. The van der Waals surface area contributed by atoms with E-state index in [0.29, 0.717) is 37.0 Å². The van der Waals surface area contributed by atoms with Crippen LogP contribution in [0.3, 0.4) is 0 Å². The summed E-state index contributed by atoms with van der Waals surface area (Å²) in [5.41, 5.74) is 3.76. The molecule has 0 saturated heterocycles. The van der Waals surface area contributed by atoms with Crippen molar-refractivity contribution in [3.63, 3.8) is 0 Å². The number of fused-ring (bicyclic) bond motifs is 2. The van der Waals surface area contributed by atoms with Crippen LogP contribution < -0.4 is 5.32 Å². The van der Waals surface area contributed by atoms with Crippen LogP contribution in [0.15, 0.2) is 6.20 Å². The maximum Gasteiger partial charge on any atom is 0.220 e. The lowest BCUT2D eigenvalue weighted by Gasteiger charge is -2.11. The summed E-state index contributed by atoms with van der Waals surface area (Å²) in [6.07, 6.45) is 7.72. The molecule has 0 spiro atoms. The molecule has 3 aromatic rings. The van der Waals surface area contributed by atoms with E-state index in [1.165, 1.54) is 19.0 Å². The molecule has 1 aliphatic heterocycles. The van der Waals surface area contributed by atoms with Gasteiger partial charge in [-0.05, 0) is 38.7 Å². The maximum atomic E-state index is 12.4. The Morgan fingerprint density at radius 2 is 2.10 bits per heavy atom. The fourth-order valence-electron chi connectivity index (χ4n) is 4.12. The Morgan fingerprint density at radius 1 is 1.23 bits per heavy atom. The van der Waals surface area contributed by atoms with Gasteiger partial charge in [0.1, 0.15) is 23.3 Å². The molecule has 0 aliphatic carbocycles. The van der Waals surface area contributed by atoms with E-state index in [2.05, 4.69) is 36.2 Å². The van der Waals surface area contributed by atoms with Crippen LogP contribution in [0.5, 0.6) is 0 Å². The molecule has 0 radical (unpaired) electrons. The highest BCUT2D eigenvalue weighted by atomic mass is 16.1. The van der Waals surface area contributed by atoms with Crippen molar-refractivity contribution in [3.8, 4) is 6.07 Å². The molecule has 0 aromatic carbocycles. The predicted molar refractivity (Wildman–Crippen MR) is 110 cm³/mol. The number of amides is 1. The number of nitriles is 1. The summed E-state index contributed by atoms with van der Waals surface area (Å²) in [6, 6.07) is 2.11. The Bertz CT molecular complexity index is 1120. The summed E-state index contributed by atoms with van der Waals surface area (Å²) in [4.78, 5) is 16.9. The summed E-state index contributed by atoms with van der Waals surface area (Å²) in [5.74, 6) is 2.03. The van der Waals surface area contributed by atoms with Gasteiger partial charge in [0.2, 0.25) is 5.91 Å². The van der Waals surface area contributed by atoms with Crippen molar-refractivity contribution in [3.05, 3.63) is 40.4 Å². The van der Waals surface area contributed by atoms with Gasteiger partial charge in [-0.3, -0.25) is 4.79 Å². The summed E-state index contributed by atoms with van der Waals surface area (Å²) in [5, 5.41) is 25.0. The number of aryl methyl sites for hydroxylation is 3. The van der Waals surface area contributed by atoms with Crippen LogP contribution in [0.1, 0.15) is 59.8 Å². The van der Waals surface area contributed by atoms with Crippen molar-refractivity contribution in [2.24, 2.45) is 0 Å². The van der Waals surface area contributed by atoms with E-state index >= 15 is 0 Å². The molecular formula is C21H26N8O. The monoisotopic (exact) mass is 406 g/mol. The zero-order valence-electron chi connectivity index (χ0n) is 17.5. The minimum Gasteiger partial charge on any atom is -0.356 e. The van der Waals surface area contributed by atoms with Gasteiger partial charge in [-0.2, -0.15) is 10.4 Å². The molecule has 4 heterocycles. The van der Waals surface area contributed by atoms with E-state index in [-0.39, 0.29) is 5.91 Å². The van der Waals surface area contributed by atoms with Crippen LogP contribution in [0.2, 0.25) is 0 Å². The van der Waals surface area contributed by atoms with E-state index in [1.807, 2.05) is 13.8 Å². The first-order valence-electron chi connectivity index (χ1n) is 10.5. The average Bonchev–Trinajstić information content (AvgIpc) is 3.23. The van der Waals surface area contributed by atoms with Gasteiger partial charge >= 0.3 is 0 Å². The number of hydrogen-bond acceptors (Lipinski definition) is 6. The average molecular weight is 406 g/mol. The molecule has 3 aromatic heterocycles. The van der Waals surface area contributed by atoms with E-state index in [0.717, 1.165) is 48.0 Å². The number of aromatic nitrogens is 6. The van der Waals surface area contributed by atoms with Gasteiger partial charge in [-0.25, -0.2) is 9.50 Å². The second-order valence-corrected chi connectivity index (χ2v) is 7.76. The Labute approximate surface area is 175 Å². The lowest BCUT2D eigenvalue weighted by Crippen LogP contribution is -2.27. The molecule has 9 nitrogen and oxygen atoms in total. The molecule has 0 atom stereocenters. The number of nitrogens with one attached hydrogen (secondary N) is 1. The molecule has 0 bridgehead atoms. The van der Waals surface area contributed by atoms with Gasteiger partial charge in [0.15, 0.2) is 5.65 Å². The van der Waals surface area contributed by atoms with Crippen molar-refractivity contribution in [1.82, 2.24) is 34.7 Å². The molecule has 4 rings (SSSR count). The van der Waals surface area contributed by atoms with Gasteiger partial charge < -0.3 is 9.88 Å². The molecule has 0 fully saturated rings. The molecule has 9 heteroatoms. The number of carbonyl (C=O) groups excluding carboxylic acids is 1. The first kappa shape index (κ1) is 20.0. The Hall–Kier alpha value is -3.28. The highest BCUT2D eigenvalue weighted by Gasteiger charge is 2.16. The van der Waals surface area contributed by atoms with E-state index in [9.17, 15) is 10.1 Å². The minimum atomic E-state index is 0.00248. The maximum absolute atomic E-state index is 12.4. The second kappa shape index (κ2) is 8.61. The van der Waals surface area contributed by atoms with Crippen molar-refractivity contribution in [2.75, 3.05) is 6.54 Å². The van der Waals surface area contributed by atoms with Gasteiger partial charge in [-0.15, -0.1) is 10.2 Å². The zero-order valence-corrected chi connectivity index (χ0v) is 17.5. The third-order valence-corrected chi connectivity index (χ3v) is 5.79. The van der Waals surface area contributed by atoms with Gasteiger partial charge in [0.05, 0.1) is 6.20 Å². The lowest BCUT2D eigenvalue weighted by molar-refractivity contribution is -0.121. The first-order chi connectivity index (χ1) is 14.6. The molecule has 1 aliphatic rings. The van der Waals surface area contributed by atoms with Crippen LogP contribution in [0.4, 0.5) is 0 Å². The van der Waals surface area contributed by atoms with E-state index in [4.69, 9.17) is 0 Å². The highest BCUT2D eigenvalue weighted by Crippen LogP contribution is 2.18. The predicted octanol–water partition coefficient (Wildman–Crippen LogP) is 1.83. The summed E-state index contributed by atoms with van der Waals surface area (Å²) >= 11 is 0. The van der Waals surface area contributed by atoms with E-state index < -0.39 is 0 Å².